The summed E-state index contributed by atoms with van der Waals surface area (Å²) in [5, 5.41) is 6.92. The molecule has 0 unspecified atom stereocenters. The highest BCUT2D eigenvalue weighted by Crippen LogP contribution is 2.22. The van der Waals surface area contributed by atoms with Crippen LogP contribution in [0.4, 0.5) is 5.69 Å². The SMILES string of the molecule is Cc1cccc(CNC(=O)CNc2cc(Cl)cc(Cl)c2)c1. The standard InChI is InChI=1S/C16H16Cl2N2O/c1-11-3-2-4-12(5-11)9-20-16(21)10-19-15-7-13(17)6-14(18)8-15/h2-8,19H,9-10H2,1H3,(H,20,21). The van der Waals surface area contributed by atoms with E-state index in [4.69, 9.17) is 23.2 Å². The van der Waals surface area contributed by atoms with Crippen LogP contribution in [0, 0.1) is 6.92 Å². The lowest BCUT2D eigenvalue weighted by Gasteiger charge is -2.09. The molecule has 1 amide bonds. The van der Waals surface area contributed by atoms with Gasteiger partial charge in [-0.2, -0.15) is 0 Å². The minimum atomic E-state index is -0.0902. The van der Waals surface area contributed by atoms with Crippen LogP contribution in [0.5, 0.6) is 0 Å². The van der Waals surface area contributed by atoms with Crippen LogP contribution in [0.15, 0.2) is 42.5 Å². The highest BCUT2D eigenvalue weighted by Gasteiger charge is 2.03. The van der Waals surface area contributed by atoms with Gasteiger partial charge in [0.15, 0.2) is 0 Å². The molecule has 0 aliphatic rings. The van der Waals surface area contributed by atoms with Crippen molar-refractivity contribution in [3.8, 4) is 0 Å². The maximum Gasteiger partial charge on any atom is 0.239 e. The number of carbonyl (C=O) groups is 1. The fourth-order valence-corrected chi connectivity index (χ4v) is 2.45. The number of rotatable bonds is 5. The fraction of sp³-hybridized carbons (Fsp3) is 0.188. The molecule has 3 nitrogen and oxygen atoms in total. The molecule has 0 radical (unpaired) electrons. The highest BCUT2D eigenvalue weighted by molar-refractivity contribution is 6.35. The molecule has 2 aromatic carbocycles. The van der Waals surface area contributed by atoms with Crippen molar-refractivity contribution in [2.45, 2.75) is 13.5 Å². The Labute approximate surface area is 134 Å². The predicted molar refractivity (Wildman–Crippen MR) is 88.0 cm³/mol. The van der Waals surface area contributed by atoms with Gasteiger partial charge in [0.05, 0.1) is 6.54 Å². The lowest BCUT2D eigenvalue weighted by Crippen LogP contribution is -2.29. The lowest BCUT2D eigenvalue weighted by atomic mass is 10.1. The Morgan fingerprint density at radius 2 is 1.81 bits per heavy atom. The van der Waals surface area contributed by atoms with Crippen molar-refractivity contribution in [2.75, 3.05) is 11.9 Å². The van der Waals surface area contributed by atoms with Gasteiger partial charge in [0.1, 0.15) is 0 Å². The van der Waals surface area contributed by atoms with Crippen molar-refractivity contribution in [3.63, 3.8) is 0 Å². The van der Waals surface area contributed by atoms with E-state index >= 15 is 0 Å². The van der Waals surface area contributed by atoms with Gasteiger partial charge in [0, 0.05) is 22.3 Å². The van der Waals surface area contributed by atoms with Gasteiger partial charge in [-0.1, -0.05) is 53.0 Å². The van der Waals surface area contributed by atoms with Gasteiger partial charge >= 0.3 is 0 Å². The molecule has 2 aromatic rings. The molecule has 0 aliphatic heterocycles. The molecule has 0 heterocycles. The first-order valence-electron chi connectivity index (χ1n) is 6.55. The van der Waals surface area contributed by atoms with Crippen LogP contribution in [0.25, 0.3) is 0 Å². The molecule has 0 fully saturated rings. The van der Waals surface area contributed by atoms with Crippen molar-refractivity contribution in [1.29, 1.82) is 0 Å². The molecular formula is C16H16Cl2N2O. The quantitative estimate of drug-likeness (QED) is 0.872. The van der Waals surface area contributed by atoms with E-state index in [1.807, 2.05) is 31.2 Å². The van der Waals surface area contributed by atoms with E-state index in [9.17, 15) is 4.79 Å². The first-order chi connectivity index (χ1) is 10.0. The number of hydrogen-bond acceptors (Lipinski definition) is 2. The zero-order valence-electron chi connectivity index (χ0n) is 11.6. The molecule has 0 saturated heterocycles. The average molecular weight is 323 g/mol. The Balaban J connectivity index is 1.82. The molecule has 0 saturated carbocycles. The minimum absolute atomic E-state index is 0.0902. The van der Waals surface area contributed by atoms with Crippen molar-refractivity contribution in [3.05, 3.63) is 63.6 Å². The molecule has 0 atom stereocenters. The average Bonchev–Trinajstić information content (AvgIpc) is 2.42. The maximum atomic E-state index is 11.8. The van der Waals surface area contributed by atoms with Crippen molar-refractivity contribution in [1.82, 2.24) is 5.32 Å². The Hall–Kier alpha value is -1.71. The smallest absolute Gasteiger partial charge is 0.239 e. The zero-order chi connectivity index (χ0) is 15.2. The third-order valence-electron chi connectivity index (χ3n) is 2.89. The van der Waals surface area contributed by atoms with Crippen LogP contribution in [0.2, 0.25) is 10.0 Å². The van der Waals surface area contributed by atoms with Gasteiger partial charge in [0.2, 0.25) is 5.91 Å². The summed E-state index contributed by atoms with van der Waals surface area (Å²) in [6, 6.07) is 13.1. The van der Waals surface area contributed by atoms with Crippen LogP contribution in [0.1, 0.15) is 11.1 Å². The van der Waals surface area contributed by atoms with Crippen molar-refractivity contribution in [2.24, 2.45) is 0 Å². The Bertz CT molecular complexity index is 624. The Morgan fingerprint density at radius 3 is 2.48 bits per heavy atom. The number of benzene rings is 2. The number of carbonyl (C=O) groups excluding carboxylic acids is 1. The highest BCUT2D eigenvalue weighted by atomic mass is 35.5. The summed E-state index contributed by atoms with van der Waals surface area (Å²) in [7, 11) is 0. The number of aryl methyl sites for hydroxylation is 1. The summed E-state index contributed by atoms with van der Waals surface area (Å²) >= 11 is 11.8. The van der Waals surface area contributed by atoms with Crippen LogP contribution >= 0.6 is 23.2 Å². The number of amides is 1. The maximum absolute atomic E-state index is 11.8. The minimum Gasteiger partial charge on any atom is -0.376 e. The lowest BCUT2D eigenvalue weighted by molar-refractivity contribution is -0.119. The summed E-state index contributed by atoms with van der Waals surface area (Å²) < 4.78 is 0. The van der Waals surface area contributed by atoms with Gasteiger partial charge < -0.3 is 10.6 Å². The normalized spacial score (nSPS) is 10.2. The predicted octanol–water partition coefficient (Wildman–Crippen LogP) is 4.03. The van der Waals surface area contributed by atoms with Crippen molar-refractivity contribution >= 4 is 34.8 Å². The topological polar surface area (TPSA) is 41.1 Å². The van der Waals surface area contributed by atoms with E-state index in [2.05, 4.69) is 10.6 Å². The summed E-state index contributed by atoms with van der Waals surface area (Å²) in [5.74, 6) is -0.0902. The molecule has 2 N–H and O–H groups in total. The molecule has 0 aromatic heterocycles. The monoisotopic (exact) mass is 322 g/mol. The van der Waals surface area contributed by atoms with E-state index in [-0.39, 0.29) is 12.5 Å². The summed E-state index contributed by atoms with van der Waals surface area (Å²) in [6.45, 7) is 2.71. The number of anilines is 1. The first kappa shape index (κ1) is 15.7. The second-order valence-corrected chi connectivity index (χ2v) is 5.65. The van der Waals surface area contributed by atoms with Crippen molar-refractivity contribution < 1.29 is 4.79 Å². The summed E-state index contributed by atoms with van der Waals surface area (Å²) in [6.07, 6.45) is 0. The van der Waals surface area contributed by atoms with E-state index in [1.165, 1.54) is 5.56 Å². The molecule has 5 heteroatoms. The van der Waals surface area contributed by atoms with E-state index in [0.717, 1.165) is 11.3 Å². The fourth-order valence-electron chi connectivity index (χ4n) is 1.92. The molecular weight excluding hydrogens is 307 g/mol. The van der Waals surface area contributed by atoms with E-state index in [0.29, 0.717) is 16.6 Å². The van der Waals surface area contributed by atoms with Gasteiger partial charge in [-0.25, -0.2) is 0 Å². The van der Waals surface area contributed by atoms with Gasteiger partial charge in [-0.05, 0) is 30.7 Å². The number of hydrogen-bond donors (Lipinski definition) is 2. The largest absolute Gasteiger partial charge is 0.376 e. The summed E-state index contributed by atoms with van der Waals surface area (Å²) in [4.78, 5) is 11.8. The van der Waals surface area contributed by atoms with Crippen LogP contribution in [-0.4, -0.2) is 12.5 Å². The van der Waals surface area contributed by atoms with Gasteiger partial charge in [-0.15, -0.1) is 0 Å². The molecule has 0 bridgehead atoms. The molecule has 2 rings (SSSR count). The van der Waals surface area contributed by atoms with Gasteiger partial charge in [-0.3, -0.25) is 4.79 Å². The first-order valence-corrected chi connectivity index (χ1v) is 7.31. The van der Waals surface area contributed by atoms with E-state index < -0.39 is 0 Å². The second kappa shape index (κ2) is 7.34. The Kier molecular flexibility index (Phi) is 5.48. The van der Waals surface area contributed by atoms with Crippen LogP contribution in [0.3, 0.4) is 0 Å². The van der Waals surface area contributed by atoms with Crippen LogP contribution < -0.4 is 10.6 Å². The third kappa shape index (κ3) is 5.29. The molecule has 110 valence electrons. The van der Waals surface area contributed by atoms with Gasteiger partial charge in [0.25, 0.3) is 0 Å². The number of nitrogens with one attached hydrogen (secondary N) is 2. The molecule has 0 spiro atoms. The Morgan fingerprint density at radius 1 is 1.10 bits per heavy atom. The third-order valence-corrected chi connectivity index (χ3v) is 3.32. The number of halogens is 2. The van der Waals surface area contributed by atoms with E-state index in [1.54, 1.807) is 18.2 Å². The summed E-state index contributed by atoms with van der Waals surface area (Å²) in [5.41, 5.74) is 2.97. The molecule has 0 aliphatic carbocycles. The second-order valence-electron chi connectivity index (χ2n) is 4.78. The molecule has 21 heavy (non-hydrogen) atoms. The van der Waals surface area contributed by atoms with Crippen LogP contribution in [-0.2, 0) is 11.3 Å². The zero-order valence-corrected chi connectivity index (χ0v) is 13.1.